The normalized spacial score (nSPS) is 36.6. The minimum Gasteiger partial charge on any atom is -0.466 e. The van der Waals surface area contributed by atoms with Crippen molar-refractivity contribution in [3.05, 3.63) is 0 Å². The Morgan fingerprint density at radius 2 is 1.62 bits per heavy atom. The lowest BCUT2D eigenvalue weighted by atomic mass is 9.92. The summed E-state index contributed by atoms with van der Waals surface area (Å²) >= 11 is 0. The number of fused-ring (bicyclic) bond motifs is 3. The Kier molecular flexibility index (Phi) is 6.24. The highest BCUT2D eigenvalue weighted by molar-refractivity contribution is 5.82. The van der Waals surface area contributed by atoms with Crippen molar-refractivity contribution in [1.29, 1.82) is 0 Å². The predicted octanol–water partition coefficient (Wildman–Crippen LogP) is 0.168. The molecular weight excluding hydrogens is 384 g/mol. The van der Waals surface area contributed by atoms with Crippen LogP contribution in [0.4, 0.5) is 0 Å². The van der Waals surface area contributed by atoms with Gasteiger partial charge in [0.25, 0.3) is 0 Å². The first kappa shape index (κ1) is 22.4. The quantitative estimate of drug-likeness (QED) is 0.582. The van der Waals surface area contributed by atoms with E-state index >= 15 is 0 Å². The van der Waals surface area contributed by atoms with Crippen LogP contribution in [0.15, 0.2) is 0 Å². The molecule has 10 heteroatoms. The summed E-state index contributed by atoms with van der Waals surface area (Å²) in [4.78, 5) is 24.5. The average Bonchev–Trinajstić information content (AvgIpc) is 3.07. The molecule has 0 aliphatic carbocycles. The lowest BCUT2D eigenvalue weighted by molar-refractivity contribution is -0.240. The van der Waals surface area contributed by atoms with Crippen molar-refractivity contribution in [2.24, 2.45) is 5.73 Å². The maximum absolute atomic E-state index is 12.3. The van der Waals surface area contributed by atoms with Gasteiger partial charge in [0.15, 0.2) is 17.9 Å². The summed E-state index contributed by atoms with van der Waals surface area (Å²) in [6.07, 6.45) is -3.14. The predicted molar refractivity (Wildman–Crippen MR) is 99.4 cm³/mol. The first-order valence-electron chi connectivity index (χ1n) is 10.0. The van der Waals surface area contributed by atoms with Gasteiger partial charge in [0, 0.05) is 0 Å². The van der Waals surface area contributed by atoms with Gasteiger partial charge in [-0.05, 0) is 41.5 Å². The van der Waals surface area contributed by atoms with Crippen molar-refractivity contribution < 1.29 is 38.0 Å². The lowest BCUT2D eigenvalue weighted by Crippen LogP contribution is -2.62. The maximum atomic E-state index is 12.3. The summed E-state index contributed by atoms with van der Waals surface area (Å²) < 4.78 is 35.3. The summed E-state index contributed by atoms with van der Waals surface area (Å²) in [5, 5.41) is 2.79. The number of rotatable bonds is 6. The molecular formula is C19H32N2O8. The molecule has 166 valence electrons. The van der Waals surface area contributed by atoms with Crippen molar-refractivity contribution in [1.82, 2.24) is 5.32 Å². The molecule has 3 rings (SSSR count). The summed E-state index contributed by atoms with van der Waals surface area (Å²) in [7, 11) is 0. The van der Waals surface area contributed by atoms with Crippen molar-refractivity contribution in [3.63, 3.8) is 0 Å². The highest BCUT2D eigenvalue weighted by Crippen LogP contribution is 2.45. The molecule has 3 heterocycles. The highest BCUT2D eigenvalue weighted by Gasteiger charge is 2.62. The van der Waals surface area contributed by atoms with E-state index in [9.17, 15) is 9.59 Å². The summed E-state index contributed by atoms with van der Waals surface area (Å²) in [5.74, 6) is -2.63. The van der Waals surface area contributed by atoms with Gasteiger partial charge in [0.1, 0.15) is 24.4 Å². The van der Waals surface area contributed by atoms with Crippen molar-refractivity contribution >= 4 is 11.9 Å². The fourth-order valence-corrected chi connectivity index (χ4v) is 3.93. The first-order chi connectivity index (χ1) is 13.4. The smallest absolute Gasteiger partial charge is 0.307 e. The highest BCUT2D eigenvalue weighted by atomic mass is 16.9. The molecule has 0 aromatic carbocycles. The number of nitrogens with one attached hydrogen (secondary N) is 1. The zero-order valence-electron chi connectivity index (χ0n) is 17.8. The molecule has 0 aromatic rings. The summed E-state index contributed by atoms with van der Waals surface area (Å²) in [5.41, 5.74) is 5.70. The van der Waals surface area contributed by atoms with Gasteiger partial charge in [0.05, 0.1) is 25.1 Å². The van der Waals surface area contributed by atoms with Gasteiger partial charge in [-0.1, -0.05) is 0 Å². The second-order valence-electron chi connectivity index (χ2n) is 8.55. The van der Waals surface area contributed by atoms with E-state index in [4.69, 9.17) is 34.2 Å². The molecule has 1 amide bonds. The topological polar surface area (TPSA) is 128 Å². The molecule has 0 unspecified atom stereocenters. The van der Waals surface area contributed by atoms with E-state index in [2.05, 4.69) is 5.32 Å². The molecule has 0 radical (unpaired) electrons. The molecule has 3 saturated heterocycles. The van der Waals surface area contributed by atoms with Gasteiger partial charge in [-0.3, -0.25) is 9.59 Å². The lowest BCUT2D eigenvalue weighted by Gasteiger charge is -2.41. The number of nitrogens with two attached hydrogens (primary N) is 1. The molecule has 3 aliphatic heterocycles. The molecule has 0 aromatic heterocycles. The van der Waals surface area contributed by atoms with Crippen molar-refractivity contribution in [2.75, 3.05) is 6.61 Å². The standard InChI is InChI=1S/C19H32N2O8/c1-7-24-11(22)8-10(21-16(23)9(2)20)12-13-14(27-18(3,4)26-13)15-17(25-12)29-19(5,6)28-15/h9-10,12-15,17H,7-8,20H2,1-6H3,(H,21,23)/t9-,10+,12+,13-,14-,15+,17+/m0/s1. The second-order valence-corrected chi connectivity index (χ2v) is 8.55. The monoisotopic (exact) mass is 416 g/mol. The van der Waals surface area contributed by atoms with Crippen molar-refractivity contribution in [3.8, 4) is 0 Å². The fourth-order valence-electron chi connectivity index (χ4n) is 3.93. The maximum Gasteiger partial charge on any atom is 0.307 e. The van der Waals surface area contributed by atoms with Crippen LogP contribution in [0.3, 0.4) is 0 Å². The Balaban J connectivity index is 1.88. The van der Waals surface area contributed by atoms with Gasteiger partial charge in [0.2, 0.25) is 5.91 Å². The van der Waals surface area contributed by atoms with E-state index in [0.29, 0.717) is 0 Å². The molecule has 10 nitrogen and oxygen atoms in total. The van der Waals surface area contributed by atoms with Crippen LogP contribution in [0.2, 0.25) is 0 Å². The van der Waals surface area contributed by atoms with E-state index in [-0.39, 0.29) is 13.0 Å². The molecule has 3 fully saturated rings. The fraction of sp³-hybridized carbons (Fsp3) is 0.895. The van der Waals surface area contributed by atoms with Crippen LogP contribution >= 0.6 is 0 Å². The molecule has 29 heavy (non-hydrogen) atoms. The first-order valence-corrected chi connectivity index (χ1v) is 10.0. The van der Waals surface area contributed by atoms with Crippen LogP contribution in [0.5, 0.6) is 0 Å². The Hall–Kier alpha value is -1.30. The molecule has 7 atom stereocenters. The Bertz CT molecular complexity index is 638. The Morgan fingerprint density at radius 3 is 2.24 bits per heavy atom. The van der Waals surface area contributed by atoms with Crippen LogP contribution < -0.4 is 11.1 Å². The zero-order valence-corrected chi connectivity index (χ0v) is 17.8. The van der Waals surface area contributed by atoms with Gasteiger partial charge in [-0.2, -0.15) is 0 Å². The number of hydrogen-bond donors (Lipinski definition) is 2. The Labute approximate surface area is 170 Å². The average molecular weight is 416 g/mol. The van der Waals surface area contributed by atoms with E-state index in [1.165, 1.54) is 0 Å². The van der Waals surface area contributed by atoms with Crippen LogP contribution in [-0.2, 0) is 38.0 Å². The summed E-state index contributed by atoms with van der Waals surface area (Å²) in [6, 6.07) is -1.50. The van der Waals surface area contributed by atoms with Crippen LogP contribution in [-0.4, -0.2) is 72.8 Å². The number of carbonyl (C=O) groups is 2. The number of ether oxygens (including phenoxy) is 6. The van der Waals surface area contributed by atoms with Crippen LogP contribution in [0, 0.1) is 0 Å². The minimum atomic E-state index is -0.887. The van der Waals surface area contributed by atoms with Crippen molar-refractivity contribution in [2.45, 2.75) is 102 Å². The third kappa shape index (κ3) is 4.89. The molecule has 0 saturated carbocycles. The van der Waals surface area contributed by atoms with Crippen LogP contribution in [0.1, 0.15) is 48.0 Å². The largest absolute Gasteiger partial charge is 0.466 e. The van der Waals surface area contributed by atoms with E-state index in [0.717, 1.165) is 0 Å². The molecule has 3 aliphatic rings. The van der Waals surface area contributed by atoms with E-state index in [1.54, 1.807) is 41.5 Å². The van der Waals surface area contributed by atoms with Gasteiger partial charge >= 0.3 is 5.97 Å². The van der Waals surface area contributed by atoms with E-state index < -0.39 is 66.2 Å². The molecule has 3 N–H and O–H groups in total. The summed E-state index contributed by atoms with van der Waals surface area (Å²) in [6.45, 7) is 10.7. The minimum absolute atomic E-state index is 0.106. The van der Waals surface area contributed by atoms with Gasteiger partial charge < -0.3 is 39.5 Å². The van der Waals surface area contributed by atoms with E-state index in [1.807, 2.05) is 0 Å². The van der Waals surface area contributed by atoms with Gasteiger partial charge in [-0.25, -0.2) is 0 Å². The zero-order chi connectivity index (χ0) is 21.6. The number of hydrogen-bond acceptors (Lipinski definition) is 9. The van der Waals surface area contributed by atoms with Gasteiger partial charge in [-0.15, -0.1) is 0 Å². The Morgan fingerprint density at radius 1 is 1.03 bits per heavy atom. The molecule has 0 spiro atoms. The number of carbonyl (C=O) groups excluding carboxylic acids is 2. The second kappa shape index (κ2) is 8.09. The third-order valence-corrected chi connectivity index (χ3v) is 5.02. The number of amides is 1. The van der Waals surface area contributed by atoms with Crippen LogP contribution in [0.25, 0.3) is 0 Å². The third-order valence-electron chi connectivity index (χ3n) is 5.02. The number of esters is 1. The SMILES string of the molecule is CCOC(=O)C[C@@H](NC(=O)[C@H](C)N)[C@H]1O[C@@H]2OC(C)(C)O[C@@H]2[C@H]2OC(C)(C)O[C@H]21. The molecule has 0 bridgehead atoms.